The molecule has 0 atom stereocenters. The van der Waals surface area contributed by atoms with Gasteiger partial charge in [-0.25, -0.2) is 0 Å². The monoisotopic (exact) mass is 285 g/mol. The van der Waals surface area contributed by atoms with E-state index < -0.39 is 0 Å². The van der Waals surface area contributed by atoms with Gasteiger partial charge in [0, 0.05) is 24.1 Å². The number of nitrogens with one attached hydrogen (secondary N) is 1. The van der Waals surface area contributed by atoms with Crippen molar-refractivity contribution < 1.29 is 9.21 Å². The van der Waals surface area contributed by atoms with Gasteiger partial charge >= 0.3 is 0 Å². The second-order valence-electron chi connectivity index (χ2n) is 5.51. The standard InChI is InChI=1S/C16H19N3O2/c1-11-18-19-16(21-11)13-9-7-12(8-10-13)15(20)17-14-5-3-2-4-6-14/h7-10,14H,2-6H2,1H3,(H,17,20). The largest absolute Gasteiger partial charge is 0.421 e. The van der Waals surface area contributed by atoms with Gasteiger partial charge in [-0.2, -0.15) is 0 Å². The van der Waals surface area contributed by atoms with Crippen LogP contribution in [0.4, 0.5) is 0 Å². The molecule has 1 aliphatic carbocycles. The van der Waals surface area contributed by atoms with E-state index in [9.17, 15) is 4.79 Å². The summed E-state index contributed by atoms with van der Waals surface area (Å²) >= 11 is 0. The quantitative estimate of drug-likeness (QED) is 0.940. The molecule has 3 rings (SSSR count). The van der Waals surface area contributed by atoms with Gasteiger partial charge in [-0.1, -0.05) is 19.3 Å². The zero-order chi connectivity index (χ0) is 14.7. The summed E-state index contributed by atoms with van der Waals surface area (Å²) in [5, 5.41) is 10.9. The van der Waals surface area contributed by atoms with Crippen LogP contribution in [0, 0.1) is 6.92 Å². The smallest absolute Gasteiger partial charge is 0.251 e. The lowest BCUT2D eigenvalue weighted by Crippen LogP contribution is -2.36. The third kappa shape index (κ3) is 3.29. The molecule has 1 amide bonds. The van der Waals surface area contributed by atoms with E-state index in [0.29, 0.717) is 23.4 Å². The summed E-state index contributed by atoms with van der Waals surface area (Å²) in [5.74, 6) is 1.01. The van der Waals surface area contributed by atoms with E-state index >= 15 is 0 Å². The van der Waals surface area contributed by atoms with Gasteiger partial charge in [-0.3, -0.25) is 4.79 Å². The molecule has 1 fully saturated rings. The topological polar surface area (TPSA) is 68.0 Å². The highest BCUT2D eigenvalue weighted by atomic mass is 16.4. The van der Waals surface area contributed by atoms with Crippen molar-refractivity contribution in [3.05, 3.63) is 35.7 Å². The molecule has 21 heavy (non-hydrogen) atoms. The minimum Gasteiger partial charge on any atom is -0.421 e. The number of hydrogen-bond donors (Lipinski definition) is 1. The van der Waals surface area contributed by atoms with Gasteiger partial charge in [0.05, 0.1) is 0 Å². The number of amides is 1. The minimum absolute atomic E-state index is 0.00448. The molecule has 1 saturated carbocycles. The van der Waals surface area contributed by atoms with Crippen LogP contribution in [-0.2, 0) is 0 Å². The Balaban J connectivity index is 1.67. The number of carbonyl (C=O) groups excluding carboxylic acids is 1. The van der Waals surface area contributed by atoms with Crippen molar-refractivity contribution in [2.24, 2.45) is 0 Å². The molecule has 1 aromatic heterocycles. The molecule has 1 aliphatic rings. The van der Waals surface area contributed by atoms with Gasteiger partial charge in [-0.05, 0) is 37.1 Å². The SMILES string of the molecule is Cc1nnc(-c2ccc(C(=O)NC3CCCCC3)cc2)o1. The number of aryl methyl sites for hydroxylation is 1. The zero-order valence-electron chi connectivity index (χ0n) is 12.1. The average Bonchev–Trinajstić information content (AvgIpc) is 2.95. The molecule has 5 nitrogen and oxygen atoms in total. The second-order valence-corrected chi connectivity index (χ2v) is 5.51. The first kappa shape index (κ1) is 13.8. The average molecular weight is 285 g/mol. The molecule has 0 radical (unpaired) electrons. The summed E-state index contributed by atoms with van der Waals surface area (Å²) in [7, 11) is 0. The van der Waals surface area contributed by atoms with E-state index in [4.69, 9.17) is 4.42 Å². The lowest BCUT2D eigenvalue weighted by Gasteiger charge is -2.22. The van der Waals surface area contributed by atoms with Crippen LogP contribution < -0.4 is 5.32 Å². The molecule has 0 spiro atoms. The van der Waals surface area contributed by atoms with Crippen molar-refractivity contribution in [2.75, 3.05) is 0 Å². The van der Waals surface area contributed by atoms with Crippen LogP contribution in [0.1, 0.15) is 48.4 Å². The van der Waals surface area contributed by atoms with Crippen LogP contribution in [-0.4, -0.2) is 22.1 Å². The van der Waals surface area contributed by atoms with Crippen LogP contribution in [0.5, 0.6) is 0 Å². The van der Waals surface area contributed by atoms with Crippen LogP contribution in [0.25, 0.3) is 11.5 Å². The van der Waals surface area contributed by atoms with Crippen molar-refractivity contribution in [3.63, 3.8) is 0 Å². The molecule has 2 aromatic rings. The summed E-state index contributed by atoms with van der Waals surface area (Å²) in [4.78, 5) is 12.2. The number of aromatic nitrogens is 2. The lowest BCUT2D eigenvalue weighted by atomic mass is 9.95. The molecule has 1 N–H and O–H groups in total. The highest BCUT2D eigenvalue weighted by molar-refractivity contribution is 5.94. The minimum atomic E-state index is -0.00448. The molecule has 1 aromatic carbocycles. The van der Waals surface area contributed by atoms with Gasteiger partial charge in [0.1, 0.15) is 0 Å². The summed E-state index contributed by atoms with van der Waals surface area (Å²) in [5.41, 5.74) is 1.49. The van der Waals surface area contributed by atoms with Crippen LogP contribution in [0.2, 0.25) is 0 Å². The molecule has 0 aliphatic heterocycles. The molecule has 1 heterocycles. The van der Waals surface area contributed by atoms with Gasteiger partial charge in [0.2, 0.25) is 11.8 Å². The zero-order valence-corrected chi connectivity index (χ0v) is 12.1. The fraction of sp³-hybridized carbons (Fsp3) is 0.438. The second kappa shape index (κ2) is 6.08. The maximum atomic E-state index is 12.2. The van der Waals surface area contributed by atoms with Crippen LogP contribution >= 0.6 is 0 Å². The highest BCUT2D eigenvalue weighted by Gasteiger charge is 2.16. The number of rotatable bonds is 3. The summed E-state index contributed by atoms with van der Waals surface area (Å²) in [6, 6.07) is 7.59. The van der Waals surface area contributed by atoms with E-state index in [1.165, 1.54) is 19.3 Å². The Morgan fingerprint density at radius 3 is 2.48 bits per heavy atom. The third-order valence-corrected chi connectivity index (χ3v) is 3.86. The van der Waals surface area contributed by atoms with E-state index in [1.807, 2.05) is 12.1 Å². The highest BCUT2D eigenvalue weighted by Crippen LogP contribution is 2.20. The van der Waals surface area contributed by atoms with E-state index in [2.05, 4.69) is 15.5 Å². The summed E-state index contributed by atoms with van der Waals surface area (Å²) < 4.78 is 5.37. The van der Waals surface area contributed by atoms with Crippen LogP contribution in [0.3, 0.4) is 0 Å². The Labute approximate surface area is 123 Å². The molecule has 0 bridgehead atoms. The van der Waals surface area contributed by atoms with Crippen molar-refractivity contribution in [1.82, 2.24) is 15.5 Å². The Morgan fingerprint density at radius 1 is 1.14 bits per heavy atom. The predicted octanol–water partition coefficient (Wildman–Crippen LogP) is 3.11. The van der Waals surface area contributed by atoms with Crippen LogP contribution in [0.15, 0.2) is 28.7 Å². The number of nitrogens with zero attached hydrogens (tertiary/aromatic N) is 2. The first-order chi connectivity index (χ1) is 10.2. The van der Waals surface area contributed by atoms with Crippen molar-refractivity contribution >= 4 is 5.91 Å². The molecule has 5 heteroatoms. The predicted molar refractivity (Wildman–Crippen MR) is 78.8 cm³/mol. The molecular formula is C16H19N3O2. The normalized spacial score (nSPS) is 15.9. The Morgan fingerprint density at radius 2 is 1.86 bits per heavy atom. The number of hydrogen-bond acceptors (Lipinski definition) is 4. The molecule has 110 valence electrons. The third-order valence-electron chi connectivity index (χ3n) is 3.86. The van der Waals surface area contributed by atoms with Gasteiger partial charge < -0.3 is 9.73 Å². The Bertz CT molecular complexity index is 613. The van der Waals surface area contributed by atoms with Gasteiger partial charge in [0.25, 0.3) is 5.91 Å². The maximum absolute atomic E-state index is 12.2. The lowest BCUT2D eigenvalue weighted by molar-refractivity contribution is 0.0927. The maximum Gasteiger partial charge on any atom is 0.251 e. The molecular weight excluding hydrogens is 266 g/mol. The van der Waals surface area contributed by atoms with Crippen molar-refractivity contribution in [2.45, 2.75) is 45.1 Å². The summed E-state index contributed by atoms with van der Waals surface area (Å²) in [6.07, 6.45) is 5.88. The fourth-order valence-corrected chi connectivity index (χ4v) is 2.69. The molecule has 0 unspecified atom stereocenters. The van der Waals surface area contributed by atoms with Gasteiger partial charge in [-0.15, -0.1) is 10.2 Å². The van der Waals surface area contributed by atoms with E-state index in [-0.39, 0.29) is 5.91 Å². The Hall–Kier alpha value is -2.17. The Kier molecular flexibility index (Phi) is 3.99. The van der Waals surface area contributed by atoms with E-state index in [0.717, 1.165) is 18.4 Å². The summed E-state index contributed by atoms with van der Waals surface area (Å²) in [6.45, 7) is 1.75. The first-order valence-electron chi connectivity index (χ1n) is 7.44. The fourth-order valence-electron chi connectivity index (χ4n) is 2.69. The number of benzene rings is 1. The van der Waals surface area contributed by atoms with Crippen molar-refractivity contribution in [3.8, 4) is 11.5 Å². The van der Waals surface area contributed by atoms with Crippen molar-refractivity contribution in [1.29, 1.82) is 0 Å². The first-order valence-corrected chi connectivity index (χ1v) is 7.44. The number of carbonyl (C=O) groups is 1. The van der Waals surface area contributed by atoms with E-state index in [1.54, 1.807) is 19.1 Å². The molecule has 0 saturated heterocycles. The van der Waals surface area contributed by atoms with Gasteiger partial charge in [0.15, 0.2) is 0 Å².